The number of nitrogens with zero attached hydrogens (tertiary/aromatic N) is 2. The van der Waals surface area contributed by atoms with Gasteiger partial charge in [0.2, 0.25) is 0 Å². The minimum atomic E-state index is -0.691. The molecule has 1 heterocycles. The molecule has 0 aromatic heterocycles. The molecule has 9 heteroatoms. The van der Waals surface area contributed by atoms with E-state index in [0.717, 1.165) is 11.8 Å². The molecule has 0 atom stereocenters. The van der Waals surface area contributed by atoms with E-state index in [-0.39, 0.29) is 5.91 Å². The van der Waals surface area contributed by atoms with Crippen LogP contribution in [0.2, 0.25) is 5.02 Å². The van der Waals surface area contributed by atoms with E-state index in [9.17, 15) is 20.0 Å². The van der Waals surface area contributed by atoms with Crippen LogP contribution in [-0.4, -0.2) is 21.1 Å². The number of halogens is 1. The lowest BCUT2D eigenvalue weighted by atomic mass is 10.1. The van der Waals surface area contributed by atoms with Crippen molar-refractivity contribution in [1.29, 1.82) is 0 Å². The van der Waals surface area contributed by atoms with Crippen molar-refractivity contribution < 1.29 is 14.8 Å². The van der Waals surface area contributed by atoms with Crippen LogP contribution in [0, 0.1) is 10.1 Å². The zero-order valence-corrected chi connectivity index (χ0v) is 14.0. The van der Waals surface area contributed by atoms with E-state index in [1.165, 1.54) is 24.3 Å². The molecular weight excluding hydrogens is 366 g/mol. The van der Waals surface area contributed by atoms with Crippen molar-refractivity contribution in [2.75, 3.05) is 0 Å². The van der Waals surface area contributed by atoms with Gasteiger partial charge in [-0.3, -0.25) is 14.9 Å². The Hall–Kier alpha value is -2.84. The number of rotatable bonds is 3. The van der Waals surface area contributed by atoms with Crippen LogP contribution in [0.15, 0.2) is 52.4 Å². The number of amidine groups is 1. The molecule has 0 unspecified atom stereocenters. The van der Waals surface area contributed by atoms with E-state index < -0.39 is 16.4 Å². The Morgan fingerprint density at radius 3 is 2.76 bits per heavy atom. The minimum Gasteiger partial charge on any atom is -0.502 e. The molecule has 1 aliphatic heterocycles. The third-order valence-electron chi connectivity index (χ3n) is 3.22. The number of carbonyl (C=O) groups is 1. The lowest BCUT2D eigenvalue weighted by Gasteiger charge is -1.99. The second-order valence-corrected chi connectivity index (χ2v) is 6.38. The van der Waals surface area contributed by atoms with Gasteiger partial charge in [-0.1, -0.05) is 29.8 Å². The molecule has 1 aliphatic rings. The first kappa shape index (κ1) is 17.0. The third kappa shape index (κ3) is 3.81. The van der Waals surface area contributed by atoms with Gasteiger partial charge in [-0.2, -0.15) is 0 Å². The molecule has 2 N–H and O–H groups in total. The number of benzene rings is 2. The molecule has 1 amide bonds. The fraction of sp³-hybridized carbons (Fsp3) is 0. The minimum absolute atomic E-state index is 0.325. The molecule has 7 nitrogen and oxygen atoms in total. The smallest absolute Gasteiger partial charge is 0.311 e. The van der Waals surface area contributed by atoms with E-state index in [0.29, 0.717) is 26.3 Å². The number of amides is 1. The van der Waals surface area contributed by atoms with E-state index in [1.807, 2.05) is 0 Å². The summed E-state index contributed by atoms with van der Waals surface area (Å²) < 4.78 is 0. The van der Waals surface area contributed by atoms with Crippen molar-refractivity contribution in [2.45, 2.75) is 0 Å². The number of nitrogens with one attached hydrogen (secondary N) is 1. The second kappa shape index (κ2) is 6.96. The topological polar surface area (TPSA) is 105 Å². The molecule has 126 valence electrons. The summed E-state index contributed by atoms with van der Waals surface area (Å²) in [4.78, 5) is 26.8. The van der Waals surface area contributed by atoms with Gasteiger partial charge in [0.25, 0.3) is 5.91 Å². The summed E-state index contributed by atoms with van der Waals surface area (Å²) in [6.07, 6.45) is 1.49. The predicted octanol–water partition coefficient (Wildman–Crippen LogP) is 3.85. The van der Waals surface area contributed by atoms with Crippen LogP contribution >= 0.6 is 23.4 Å². The van der Waals surface area contributed by atoms with E-state index in [2.05, 4.69) is 10.3 Å². The molecule has 1 saturated heterocycles. The summed E-state index contributed by atoms with van der Waals surface area (Å²) in [7, 11) is 0. The van der Waals surface area contributed by atoms with Gasteiger partial charge in [0.15, 0.2) is 10.9 Å². The monoisotopic (exact) mass is 375 g/mol. The first-order valence-electron chi connectivity index (χ1n) is 6.95. The van der Waals surface area contributed by atoms with Crippen LogP contribution < -0.4 is 5.32 Å². The van der Waals surface area contributed by atoms with Gasteiger partial charge in [-0.05, 0) is 41.6 Å². The van der Waals surface area contributed by atoms with Crippen molar-refractivity contribution in [1.82, 2.24) is 5.32 Å². The van der Waals surface area contributed by atoms with Gasteiger partial charge in [-0.15, -0.1) is 0 Å². The van der Waals surface area contributed by atoms with E-state index in [4.69, 9.17) is 11.6 Å². The van der Waals surface area contributed by atoms with Crippen LogP contribution in [0.5, 0.6) is 5.75 Å². The highest BCUT2D eigenvalue weighted by Crippen LogP contribution is 2.32. The van der Waals surface area contributed by atoms with Crippen LogP contribution in [0.1, 0.15) is 5.56 Å². The number of phenolic OH excluding ortho intramolecular Hbond substituents is 1. The average molecular weight is 376 g/mol. The maximum absolute atomic E-state index is 12.1. The fourth-order valence-corrected chi connectivity index (χ4v) is 3.07. The molecular formula is C16H10ClN3O4S. The Balaban J connectivity index is 1.88. The van der Waals surface area contributed by atoms with Gasteiger partial charge >= 0.3 is 5.69 Å². The van der Waals surface area contributed by atoms with Crippen molar-refractivity contribution in [3.05, 3.63) is 68.1 Å². The number of nitro groups is 1. The normalized spacial score (nSPS) is 17.1. The quantitative estimate of drug-likeness (QED) is 0.481. The Morgan fingerprint density at radius 1 is 1.28 bits per heavy atom. The number of nitro benzene ring substituents is 1. The zero-order valence-electron chi connectivity index (χ0n) is 12.5. The predicted molar refractivity (Wildman–Crippen MR) is 97.0 cm³/mol. The maximum Gasteiger partial charge on any atom is 0.311 e. The largest absolute Gasteiger partial charge is 0.502 e. The van der Waals surface area contributed by atoms with Crippen molar-refractivity contribution in [3.63, 3.8) is 0 Å². The van der Waals surface area contributed by atoms with E-state index >= 15 is 0 Å². The third-order valence-corrected chi connectivity index (χ3v) is 4.45. The van der Waals surface area contributed by atoms with Crippen molar-refractivity contribution in [3.8, 4) is 5.75 Å². The molecule has 3 rings (SSSR count). The highest BCUT2D eigenvalue weighted by atomic mass is 35.5. The number of phenols is 1. The van der Waals surface area contributed by atoms with Crippen molar-refractivity contribution >= 4 is 51.9 Å². The van der Waals surface area contributed by atoms with Crippen LogP contribution in [0.3, 0.4) is 0 Å². The molecule has 0 aliphatic carbocycles. The highest BCUT2D eigenvalue weighted by molar-refractivity contribution is 8.18. The summed E-state index contributed by atoms with van der Waals surface area (Å²) in [6, 6.07) is 10.8. The fourth-order valence-electron chi connectivity index (χ4n) is 2.06. The maximum atomic E-state index is 12.1. The summed E-state index contributed by atoms with van der Waals surface area (Å²) in [6.45, 7) is 0. The van der Waals surface area contributed by atoms with Gasteiger partial charge in [0, 0.05) is 6.07 Å². The first-order chi connectivity index (χ1) is 11.9. The molecule has 0 radical (unpaired) electrons. The van der Waals surface area contributed by atoms with Crippen molar-refractivity contribution in [2.24, 2.45) is 4.99 Å². The molecule has 0 bridgehead atoms. The first-order valence-corrected chi connectivity index (χ1v) is 8.15. The number of thioether (sulfide) groups is 1. The molecule has 0 saturated carbocycles. The molecule has 0 spiro atoms. The van der Waals surface area contributed by atoms with Gasteiger partial charge < -0.3 is 10.4 Å². The summed E-state index contributed by atoms with van der Waals surface area (Å²) >= 11 is 7.13. The number of hydrogen-bond donors (Lipinski definition) is 2. The SMILES string of the molecule is O=C1N/C(=N/c2ccccc2Cl)S/C1=C\c1ccc(O)c([N+](=O)[O-])c1. The van der Waals surface area contributed by atoms with E-state index in [1.54, 1.807) is 24.3 Å². The summed E-state index contributed by atoms with van der Waals surface area (Å²) in [5.74, 6) is -0.803. The van der Waals surface area contributed by atoms with Crippen LogP contribution in [0.25, 0.3) is 6.08 Å². The molecule has 2 aromatic rings. The molecule has 2 aromatic carbocycles. The number of aromatic hydroxyl groups is 1. The molecule has 1 fully saturated rings. The van der Waals surface area contributed by atoms with Gasteiger partial charge in [0.1, 0.15) is 0 Å². The number of para-hydroxylation sites is 1. The molecule has 25 heavy (non-hydrogen) atoms. The van der Waals surface area contributed by atoms with Crippen LogP contribution in [-0.2, 0) is 4.79 Å². The highest BCUT2D eigenvalue weighted by Gasteiger charge is 2.24. The Morgan fingerprint density at radius 2 is 2.04 bits per heavy atom. The standard InChI is InChI=1S/C16H10ClN3O4S/c17-10-3-1-2-4-11(10)18-16-19-15(22)14(25-16)8-9-5-6-13(21)12(7-9)20(23)24/h1-8,21H,(H,18,19,22)/b14-8-. The number of carbonyl (C=O) groups excluding carboxylic acids is 1. The summed E-state index contributed by atoms with van der Waals surface area (Å²) in [5.41, 5.74) is 0.511. The van der Waals surface area contributed by atoms with Crippen LogP contribution in [0.4, 0.5) is 11.4 Å². The summed E-state index contributed by atoms with van der Waals surface area (Å²) in [5, 5.41) is 23.8. The lowest BCUT2D eigenvalue weighted by Crippen LogP contribution is -2.19. The Bertz CT molecular complexity index is 943. The Labute approximate surface area is 151 Å². The number of aliphatic imine (C=N–C) groups is 1. The van der Waals surface area contributed by atoms with Gasteiger partial charge in [-0.25, -0.2) is 4.99 Å². The Kier molecular flexibility index (Phi) is 4.73. The van der Waals surface area contributed by atoms with Gasteiger partial charge in [0.05, 0.1) is 20.5 Å². The average Bonchev–Trinajstić information content (AvgIpc) is 2.90. The number of hydrogen-bond acceptors (Lipinski definition) is 6. The second-order valence-electron chi connectivity index (χ2n) is 4.94. The zero-order chi connectivity index (χ0) is 18.0. The lowest BCUT2D eigenvalue weighted by molar-refractivity contribution is -0.385.